The Kier molecular flexibility index (Phi) is 8.19. The van der Waals surface area contributed by atoms with Crippen molar-refractivity contribution in [1.82, 2.24) is 40.9 Å². The SMILES string of the molecule is Cc1noc(C)c1S(=O)(=O)NC(CNC(=O)c1cccc2c1cnn2CCCNC1NCCN1)C(=O)O. The summed E-state index contributed by atoms with van der Waals surface area (Å²) in [6, 6.07) is 3.56. The summed E-state index contributed by atoms with van der Waals surface area (Å²) in [5, 5.41) is 30.6. The number of nitrogens with zero attached hydrogens (tertiary/aromatic N) is 3. The lowest BCUT2D eigenvalue weighted by molar-refractivity contribution is -0.138. The zero-order chi connectivity index (χ0) is 26.6. The number of nitrogens with one attached hydrogen (secondary N) is 5. The van der Waals surface area contributed by atoms with E-state index in [4.69, 9.17) is 4.52 Å². The van der Waals surface area contributed by atoms with E-state index in [9.17, 15) is 23.1 Å². The fourth-order valence-electron chi connectivity index (χ4n) is 4.18. The van der Waals surface area contributed by atoms with Crippen LogP contribution in [0, 0.1) is 13.8 Å². The number of carboxylic acids is 1. The van der Waals surface area contributed by atoms with Crippen LogP contribution in [0.1, 0.15) is 28.2 Å². The van der Waals surface area contributed by atoms with E-state index in [-0.39, 0.29) is 22.6 Å². The number of hydrogen-bond donors (Lipinski definition) is 6. The predicted molar refractivity (Wildman–Crippen MR) is 132 cm³/mol. The molecule has 15 heteroatoms. The molecule has 0 spiro atoms. The smallest absolute Gasteiger partial charge is 0.323 e. The van der Waals surface area contributed by atoms with Gasteiger partial charge in [0.15, 0.2) is 5.76 Å². The summed E-state index contributed by atoms with van der Waals surface area (Å²) in [7, 11) is -4.25. The molecule has 3 heterocycles. The van der Waals surface area contributed by atoms with Crippen molar-refractivity contribution in [3.63, 3.8) is 0 Å². The van der Waals surface area contributed by atoms with E-state index in [1.807, 2.05) is 6.07 Å². The number of fused-ring (bicyclic) bond motifs is 1. The van der Waals surface area contributed by atoms with E-state index in [1.54, 1.807) is 23.0 Å². The van der Waals surface area contributed by atoms with Crippen LogP contribution in [0.2, 0.25) is 0 Å². The minimum atomic E-state index is -4.25. The average molecular weight is 535 g/mol. The number of rotatable bonds is 12. The number of benzene rings is 1. The maximum absolute atomic E-state index is 12.9. The van der Waals surface area contributed by atoms with E-state index in [0.29, 0.717) is 17.5 Å². The average Bonchev–Trinajstić information content (AvgIpc) is 3.59. The van der Waals surface area contributed by atoms with Gasteiger partial charge in [-0.2, -0.15) is 9.82 Å². The fourth-order valence-corrected chi connectivity index (χ4v) is 5.70. The predicted octanol–water partition coefficient (Wildman–Crippen LogP) is -0.741. The van der Waals surface area contributed by atoms with Crippen molar-refractivity contribution in [1.29, 1.82) is 0 Å². The third-order valence-electron chi connectivity index (χ3n) is 5.95. The van der Waals surface area contributed by atoms with Gasteiger partial charge in [0.2, 0.25) is 10.0 Å². The second-order valence-corrected chi connectivity index (χ2v) is 10.3. The third kappa shape index (κ3) is 6.14. The summed E-state index contributed by atoms with van der Waals surface area (Å²) in [6.07, 6.45) is 2.51. The Balaban J connectivity index is 1.39. The van der Waals surface area contributed by atoms with Gasteiger partial charge in [-0.25, -0.2) is 8.42 Å². The largest absolute Gasteiger partial charge is 0.480 e. The van der Waals surface area contributed by atoms with Crippen molar-refractivity contribution in [3.05, 3.63) is 41.4 Å². The molecule has 1 aliphatic rings. The molecule has 6 N–H and O–H groups in total. The number of aryl methyl sites for hydroxylation is 3. The van der Waals surface area contributed by atoms with Crippen molar-refractivity contribution in [2.45, 2.75) is 44.0 Å². The van der Waals surface area contributed by atoms with Crippen molar-refractivity contribution in [2.24, 2.45) is 0 Å². The summed E-state index contributed by atoms with van der Waals surface area (Å²) < 4.78 is 34.2. The number of sulfonamides is 1. The highest BCUT2D eigenvalue weighted by Gasteiger charge is 2.30. The van der Waals surface area contributed by atoms with Crippen molar-refractivity contribution in [3.8, 4) is 0 Å². The lowest BCUT2D eigenvalue weighted by Crippen LogP contribution is -2.48. The molecule has 37 heavy (non-hydrogen) atoms. The second kappa shape index (κ2) is 11.4. The number of carboxylic acid groups (broad SMARTS) is 1. The molecule has 14 nitrogen and oxygen atoms in total. The van der Waals surface area contributed by atoms with Crippen LogP contribution < -0.4 is 26.0 Å². The summed E-state index contributed by atoms with van der Waals surface area (Å²) in [6.45, 7) is 5.62. The number of carbonyl (C=O) groups excluding carboxylic acids is 1. The minimum Gasteiger partial charge on any atom is -0.480 e. The first-order chi connectivity index (χ1) is 17.7. The molecule has 1 atom stereocenters. The first kappa shape index (κ1) is 26.7. The van der Waals surface area contributed by atoms with Gasteiger partial charge in [-0.3, -0.25) is 30.2 Å². The molecule has 1 aliphatic heterocycles. The van der Waals surface area contributed by atoms with E-state index >= 15 is 0 Å². The van der Waals surface area contributed by atoms with Gasteiger partial charge in [-0.1, -0.05) is 11.2 Å². The molecular weight excluding hydrogens is 504 g/mol. The maximum atomic E-state index is 12.9. The van der Waals surface area contributed by atoms with Crippen LogP contribution in [-0.2, 0) is 21.4 Å². The lowest BCUT2D eigenvalue weighted by atomic mass is 10.1. The number of carbonyl (C=O) groups is 2. The van der Waals surface area contributed by atoms with Gasteiger partial charge in [-0.15, -0.1) is 0 Å². The molecule has 2 aromatic heterocycles. The van der Waals surface area contributed by atoms with Crippen molar-refractivity contribution in [2.75, 3.05) is 26.2 Å². The Morgan fingerprint density at radius 2 is 2.03 bits per heavy atom. The molecular formula is C22H30N8O6S. The van der Waals surface area contributed by atoms with Crippen LogP contribution >= 0.6 is 0 Å². The van der Waals surface area contributed by atoms with Gasteiger partial charge in [0.25, 0.3) is 5.91 Å². The number of aromatic nitrogens is 3. The number of aliphatic carboxylic acids is 1. The summed E-state index contributed by atoms with van der Waals surface area (Å²) in [5.41, 5.74) is 1.17. The van der Waals surface area contributed by atoms with E-state index in [0.717, 1.165) is 31.6 Å². The Hall–Kier alpha value is -3.37. The van der Waals surface area contributed by atoms with E-state index in [1.165, 1.54) is 13.8 Å². The Labute approximate surface area is 213 Å². The van der Waals surface area contributed by atoms with Crippen LogP contribution in [0.5, 0.6) is 0 Å². The third-order valence-corrected chi connectivity index (χ3v) is 7.66. The van der Waals surface area contributed by atoms with Gasteiger partial charge in [-0.05, 0) is 38.9 Å². The van der Waals surface area contributed by atoms with Crippen LogP contribution in [0.3, 0.4) is 0 Å². The molecule has 1 fully saturated rings. The lowest BCUT2D eigenvalue weighted by Gasteiger charge is -2.16. The van der Waals surface area contributed by atoms with Gasteiger partial charge >= 0.3 is 5.97 Å². The zero-order valence-electron chi connectivity index (χ0n) is 20.4. The number of hydrogen-bond acceptors (Lipinski definition) is 10. The monoisotopic (exact) mass is 534 g/mol. The quantitative estimate of drug-likeness (QED) is 0.160. The highest BCUT2D eigenvalue weighted by Crippen LogP contribution is 2.20. The molecule has 0 saturated carbocycles. The minimum absolute atomic E-state index is 0.0320. The molecule has 1 aromatic carbocycles. The molecule has 1 saturated heterocycles. The van der Waals surface area contributed by atoms with Gasteiger partial charge < -0.3 is 14.9 Å². The van der Waals surface area contributed by atoms with Crippen LogP contribution in [0.25, 0.3) is 10.9 Å². The molecule has 200 valence electrons. The number of amides is 1. The normalized spacial score (nSPS) is 15.3. The second-order valence-electron chi connectivity index (χ2n) is 8.63. The van der Waals surface area contributed by atoms with E-state index < -0.39 is 34.5 Å². The molecule has 0 radical (unpaired) electrons. The molecule has 0 bridgehead atoms. The molecule has 4 rings (SSSR count). The Morgan fingerprint density at radius 3 is 2.70 bits per heavy atom. The maximum Gasteiger partial charge on any atom is 0.323 e. The topological polar surface area (TPSA) is 193 Å². The van der Waals surface area contributed by atoms with Gasteiger partial charge in [0.05, 0.1) is 17.3 Å². The van der Waals surface area contributed by atoms with Crippen molar-refractivity contribution < 1.29 is 27.6 Å². The van der Waals surface area contributed by atoms with Crippen LogP contribution in [-0.4, -0.2) is 78.8 Å². The highest BCUT2D eigenvalue weighted by molar-refractivity contribution is 7.89. The van der Waals surface area contributed by atoms with Crippen molar-refractivity contribution >= 4 is 32.8 Å². The summed E-state index contributed by atoms with van der Waals surface area (Å²) >= 11 is 0. The molecule has 0 aliphatic carbocycles. The summed E-state index contributed by atoms with van der Waals surface area (Å²) in [5.74, 6) is -1.96. The summed E-state index contributed by atoms with van der Waals surface area (Å²) in [4.78, 5) is 24.5. The fraction of sp³-hybridized carbons (Fsp3) is 0.455. The zero-order valence-corrected chi connectivity index (χ0v) is 21.3. The molecule has 1 unspecified atom stereocenters. The highest BCUT2D eigenvalue weighted by atomic mass is 32.2. The first-order valence-electron chi connectivity index (χ1n) is 11.8. The van der Waals surface area contributed by atoms with Gasteiger partial charge in [0, 0.05) is 31.6 Å². The van der Waals surface area contributed by atoms with Gasteiger partial charge in [0.1, 0.15) is 22.9 Å². The first-order valence-corrected chi connectivity index (χ1v) is 13.3. The van der Waals surface area contributed by atoms with Crippen LogP contribution in [0.4, 0.5) is 0 Å². The Bertz CT molecular complexity index is 1360. The Morgan fingerprint density at radius 1 is 1.27 bits per heavy atom. The van der Waals surface area contributed by atoms with Crippen LogP contribution in [0.15, 0.2) is 33.8 Å². The molecule has 1 amide bonds. The molecule has 3 aromatic rings. The standard InChI is InChI=1S/C22H30N8O6S/c1-13-19(14(2)36-28-13)37(34,35)29-17(21(32)33)12-26-20(31)15-5-3-6-18-16(15)11-27-30(18)10-4-7-23-22-24-8-9-25-22/h3,5-6,11,17,22-25,29H,4,7-10,12H2,1-2H3,(H,26,31)(H,32,33). The van der Waals surface area contributed by atoms with E-state index in [2.05, 4.69) is 36.2 Å².